The molecule has 14 heavy (non-hydrogen) atoms. The van der Waals surface area contributed by atoms with Gasteiger partial charge in [0.05, 0.1) is 5.02 Å². The highest BCUT2D eigenvalue weighted by molar-refractivity contribution is 6.31. The molecule has 2 rings (SSSR count). The van der Waals surface area contributed by atoms with Crippen LogP contribution in [-0.2, 0) is 0 Å². The monoisotopic (exact) mass is 229 g/mol. The molecule has 0 atom stereocenters. The van der Waals surface area contributed by atoms with Gasteiger partial charge in [-0.25, -0.2) is 4.98 Å². The molecule has 5 nitrogen and oxygen atoms in total. The SMILES string of the molecule is Nc1nn(-c2ccc(Cl)cn2)nc1Cl. The van der Waals surface area contributed by atoms with Gasteiger partial charge >= 0.3 is 0 Å². The molecule has 0 bridgehead atoms. The van der Waals surface area contributed by atoms with Crippen molar-refractivity contribution < 1.29 is 0 Å². The maximum Gasteiger partial charge on any atom is 0.195 e. The van der Waals surface area contributed by atoms with Crippen LogP contribution in [0.25, 0.3) is 5.82 Å². The highest BCUT2D eigenvalue weighted by Crippen LogP contribution is 2.14. The van der Waals surface area contributed by atoms with Gasteiger partial charge in [0.2, 0.25) is 0 Å². The average Bonchev–Trinajstić information content (AvgIpc) is 2.48. The van der Waals surface area contributed by atoms with Crippen LogP contribution >= 0.6 is 23.2 Å². The Morgan fingerprint density at radius 1 is 1.21 bits per heavy atom. The predicted molar refractivity (Wildman–Crippen MR) is 53.6 cm³/mol. The summed E-state index contributed by atoms with van der Waals surface area (Å²) in [5, 5.41) is 8.40. The van der Waals surface area contributed by atoms with E-state index in [2.05, 4.69) is 15.2 Å². The molecule has 0 spiro atoms. The molecule has 0 aliphatic heterocycles. The van der Waals surface area contributed by atoms with Gasteiger partial charge in [-0.2, -0.15) is 0 Å². The average molecular weight is 230 g/mol. The standard InChI is InChI=1S/C7H5Cl2N5/c8-4-1-2-5(11-3-4)14-12-6(9)7(10)13-14/h1-3H,(H2,10,13). The van der Waals surface area contributed by atoms with E-state index in [0.717, 1.165) is 0 Å². The van der Waals surface area contributed by atoms with Gasteiger partial charge < -0.3 is 5.73 Å². The number of hydrogen-bond acceptors (Lipinski definition) is 4. The molecule has 0 aliphatic rings. The molecule has 0 fully saturated rings. The van der Waals surface area contributed by atoms with Crippen LogP contribution in [0.4, 0.5) is 5.82 Å². The molecule has 0 saturated carbocycles. The first-order valence-corrected chi connectivity index (χ1v) is 4.42. The normalized spacial score (nSPS) is 10.4. The van der Waals surface area contributed by atoms with E-state index in [1.54, 1.807) is 12.1 Å². The van der Waals surface area contributed by atoms with E-state index < -0.39 is 0 Å². The minimum atomic E-state index is 0.154. The van der Waals surface area contributed by atoms with Gasteiger partial charge in [-0.05, 0) is 12.1 Å². The van der Waals surface area contributed by atoms with E-state index >= 15 is 0 Å². The smallest absolute Gasteiger partial charge is 0.195 e. The lowest BCUT2D eigenvalue weighted by molar-refractivity contribution is 0.732. The first kappa shape index (κ1) is 9.23. The van der Waals surface area contributed by atoms with E-state index in [1.807, 2.05) is 0 Å². The van der Waals surface area contributed by atoms with Crippen molar-refractivity contribution in [2.24, 2.45) is 0 Å². The maximum absolute atomic E-state index is 5.67. The summed E-state index contributed by atoms with van der Waals surface area (Å²) in [5.41, 5.74) is 5.43. The van der Waals surface area contributed by atoms with Gasteiger partial charge in [0.15, 0.2) is 16.8 Å². The molecule has 2 N–H and O–H groups in total. The number of nitrogens with zero attached hydrogens (tertiary/aromatic N) is 4. The topological polar surface area (TPSA) is 69.6 Å². The second-order valence-electron chi connectivity index (χ2n) is 2.50. The Labute approximate surface area is 89.4 Å². The Bertz CT molecular complexity index is 430. The molecule has 0 saturated heterocycles. The van der Waals surface area contributed by atoms with Crippen molar-refractivity contribution in [2.45, 2.75) is 0 Å². The molecule has 72 valence electrons. The summed E-state index contributed by atoms with van der Waals surface area (Å²) < 4.78 is 0. The van der Waals surface area contributed by atoms with Crippen LogP contribution in [0.3, 0.4) is 0 Å². The quantitative estimate of drug-likeness (QED) is 0.806. The number of pyridine rings is 1. The van der Waals surface area contributed by atoms with Crippen LogP contribution in [0.5, 0.6) is 0 Å². The largest absolute Gasteiger partial charge is 0.380 e. The van der Waals surface area contributed by atoms with Crippen LogP contribution in [0, 0.1) is 0 Å². The lowest BCUT2D eigenvalue weighted by atomic mass is 10.5. The third kappa shape index (κ3) is 1.64. The van der Waals surface area contributed by atoms with E-state index in [4.69, 9.17) is 28.9 Å². The highest BCUT2D eigenvalue weighted by Gasteiger charge is 2.06. The molecular weight excluding hydrogens is 225 g/mol. The molecule has 7 heteroatoms. The molecule has 2 aromatic heterocycles. The van der Waals surface area contributed by atoms with Crippen molar-refractivity contribution in [1.82, 2.24) is 20.0 Å². The van der Waals surface area contributed by atoms with Crippen LogP contribution in [0.2, 0.25) is 10.2 Å². The second kappa shape index (κ2) is 3.43. The van der Waals surface area contributed by atoms with E-state index in [1.165, 1.54) is 11.0 Å². The summed E-state index contributed by atoms with van der Waals surface area (Å²) in [6.07, 6.45) is 1.49. The zero-order valence-corrected chi connectivity index (χ0v) is 8.37. The first-order chi connectivity index (χ1) is 6.66. The Morgan fingerprint density at radius 3 is 2.50 bits per heavy atom. The van der Waals surface area contributed by atoms with Crippen LogP contribution in [0.1, 0.15) is 0 Å². The Kier molecular flexibility index (Phi) is 2.26. The molecule has 0 amide bonds. The summed E-state index contributed by atoms with van der Waals surface area (Å²) in [6, 6.07) is 3.34. The predicted octanol–water partition coefficient (Wildman–Crippen LogP) is 1.55. The van der Waals surface area contributed by atoms with Gasteiger partial charge in [-0.3, -0.25) is 0 Å². The van der Waals surface area contributed by atoms with Crippen LogP contribution < -0.4 is 5.73 Å². The number of aromatic nitrogens is 4. The number of nitrogen functional groups attached to an aromatic ring is 1. The minimum Gasteiger partial charge on any atom is -0.380 e. The fraction of sp³-hybridized carbons (Fsp3) is 0. The number of hydrogen-bond donors (Lipinski definition) is 1. The molecule has 0 unspecified atom stereocenters. The molecule has 0 radical (unpaired) electrons. The van der Waals surface area contributed by atoms with E-state index in [9.17, 15) is 0 Å². The zero-order valence-electron chi connectivity index (χ0n) is 6.85. The van der Waals surface area contributed by atoms with Gasteiger partial charge in [-0.15, -0.1) is 15.0 Å². The van der Waals surface area contributed by atoms with Crippen molar-refractivity contribution in [3.8, 4) is 5.82 Å². The zero-order chi connectivity index (χ0) is 10.1. The molecule has 2 heterocycles. The van der Waals surface area contributed by atoms with Crippen molar-refractivity contribution in [1.29, 1.82) is 0 Å². The summed E-state index contributed by atoms with van der Waals surface area (Å²) in [6.45, 7) is 0. The Hall–Kier alpha value is -1.33. The maximum atomic E-state index is 5.67. The summed E-state index contributed by atoms with van der Waals surface area (Å²) in [5.74, 6) is 0.677. The fourth-order valence-corrected chi connectivity index (χ4v) is 1.11. The van der Waals surface area contributed by atoms with Crippen LogP contribution in [-0.4, -0.2) is 20.0 Å². The highest BCUT2D eigenvalue weighted by atomic mass is 35.5. The molecule has 0 aromatic carbocycles. The number of nitrogens with two attached hydrogens (primary N) is 1. The summed E-state index contributed by atoms with van der Waals surface area (Å²) >= 11 is 11.3. The second-order valence-corrected chi connectivity index (χ2v) is 3.29. The molecule has 0 aliphatic carbocycles. The third-order valence-corrected chi connectivity index (χ3v) is 2.01. The summed E-state index contributed by atoms with van der Waals surface area (Å²) in [7, 11) is 0. The first-order valence-electron chi connectivity index (χ1n) is 3.67. The van der Waals surface area contributed by atoms with Gasteiger partial charge in [0, 0.05) is 6.20 Å². The summed E-state index contributed by atoms with van der Waals surface area (Å²) in [4.78, 5) is 5.24. The van der Waals surface area contributed by atoms with Crippen LogP contribution in [0.15, 0.2) is 18.3 Å². The fourth-order valence-electron chi connectivity index (χ4n) is 0.889. The third-order valence-electron chi connectivity index (χ3n) is 1.51. The molecular formula is C7H5Cl2N5. The van der Waals surface area contributed by atoms with Crippen molar-refractivity contribution in [2.75, 3.05) is 5.73 Å². The van der Waals surface area contributed by atoms with Gasteiger partial charge in [-0.1, -0.05) is 23.2 Å². The number of halogens is 2. The van der Waals surface area contributed by atoms with Gasteiger partial charge in [0.1, 0.15) is 0 Å². The Balaban J connectivity index is 2.44. The van der Waals surface area contributed by atoms with Crippen molar-refractivity contribution in [3.63, 3.8) is 0 Å². The van der Waals surface area contributed by atoms with Crippen molar-refractivity contribution in [3.05, 3.63) is 28.5 Å². The lowest BCUT2D eigenvalue weighted by Gasteiger charge is -1.96. The van der Waals surface area contributed by atoms with Gasteiger partial charge in [0.25, 0.3) is 0 Å². The van der Waals surface area contributed by atoms with E-state index in [-0.39, 0.29) is 11.0 Å². The molecule has 2 aromatic rings. The Morgan fingerprint density at radius 2 is 2.00 bits per heavy atom. The van der Waals surface area contributed by atoms with E-state index in [0.29, 0.717) is 10.8 Å². The number of rotatable bonds is 1. The van der Waals surface area contributed by atoms with Crippen molar-refractivity contribution >= 4 is 29.0 Å². The number of anilines is 1. The minimum absolute atomic E-state index is 0.154. The lowest BCUT2D eigenvalue weighted by Crippen LogP contribution is -2.01.